The van der Waals surface area contributed by atoms with Gasteiger partial charge in [0.05, 0.1) is 0 Å². The normalized spacial score (nSPS) is 8.41. The molecule has 1 amide bonds. The van der Waals surface area contributed by atoms with Crippen LogP contribution in [-0.2, 0) is 15.6 Å². The van der Waals surface area contributed by atoms with Gasteiger partial charge < -0.3 is 4.90 Å². The van der Waals surface area contributed by atoms with Crippen LogP contribution in [0.2, 0.25) is 0 Å². The van der Waals surface area contributed by atoms with Gasteiger partial charge in [0.2, 0.25) is 6.41 Å². The number of rotatable bonds is 1. The topological polar surface area (TPSA) is 37.4 Å². The Hall–Kier alpha value is -1.16. The summed E-state index contributed by atoms with van der Waals surface area (Å²) in [5.74, 6) is 0. The zero-order valence-electron chi connectivity index (χ0n) is 11.6. The van der Waals surface area contributed by atoms with Gasteiger partial charge in [-0.05, 0) is 13.8 Å². The maximum atomic E-state index is 9.56. The van der Waals surface area contributed by atoms with Crippen molar-refractivity contribution in [3.8, 4) is 0 Å². The lowest BCUT2D eigenvalue weighted by atomic mass is 10.2. The average Bonchev–Trinajstić information content (AvgIpc) is 2.22. The van der Waals surface area contributed by atoms with Crippen molar-refractivity contribution in [3.63, 3.8) is 0 Å². The third-order valence-corrected chi connectivity index (χ3v) is 1.43. The van der Waals surface area contributed by atoms with E-state index >= 15 is 0 Å². The first kappa shape index (κ1) is 18.2. The zero-order chi connectivity index (χ0) is 13.8. The van der Waals surface area contributed by atoms with E-state index in [1.807, 2.05) is 0 Å². The van der Waals surface area contributed by atoms with Crippen LogP contribution in [0, 0.1) is 13.8 Å². The van der Waals surface area contributed by atoms with Crippen molar-refractivity contribution in [2.24, 2.45) is 0 Å². The molecule has 3 nitrogen and oxygen atoms in total. The molecule has 0 N–H and O–H groups in total. The van der Waals surface area contributed by atoms with Gasteiger partial charge in [0.1, 0.15) is 0 Å². The summed E-state index contributed by atoms with van der Waals surface area (Å²) in [5, 5.41) is 0. The van der Waals surface area contributed by atoms with Crippen molar-refractivity contribution in [2.45, 2.75) is 13.8 Å². The molecule has 1 aromatic rings. The summed E-state index contributed by atoms with van der Waals surface area (Å²) in [6.07, 6.45) is 4.03. The molecule has 0 unspecified atom stereocenters. The minimum absolute atomic E-state index is 0.611. The molecular formula is C13H23NO2S. The van der Waals surface area contributed by atoms with E-state index < -0.39 is 10.8 Å². The molecule has 1 rings (SSSR count). The summed E-state index contributed by atoms with van der Waals surface area (Å²) in [5.41, 5.74) is 2.66. The molecule has 17 heavy (non-hydrogen) atoms. The number of carbonyl (C=O) groups is 1. The molecule has 98 valence electrons. The van der Waals surface area contributed by atoms with Crippen LogP contribution in [0.4, 0.5) is 0 Å². The first-order valence-electron chi connectivity index (χ1n) is 5.19. The lowest BCUT2D eigenvalue weighted by Gasteiger charge is -1.93. The fraction of sp³-hybridized carbons (Fsp3) is 0.462. The Morgan fingerprint density at radius 3 is 1.29 bits per heavy atom. The lowest BCUT2D eigenvalue weighted by Crippen LogP contribution is -2.06. The molecule has 0 aliphatic heterocycles. The minimum atomic E-state index is -0.611. The maximum absolute atomic E-state index is 9.56. The van der Waals surface area contributed by atoms with Crippen LogP contribution in [0.25, 0.3) is 0 Å². The first-order chi connectivity index (χ1) is 7.79. The van der Waals surface area contributed by atoms with Crippen LogP contribution in [-0.4, -0.2) is 42.1 Å². The van der Waals surface area contributed by atoms with Gasteiger partial charge in [-0.2, -0.15) is 0 Å². The third-order valence-electron chi connectivity index (χ3n) is 1.43. The fourth-order valence-electron chi connectivity index (χ4n) is 0.637. The van der Waals surface area contributed by atoms with Crippen molar-refractivity contribution in [2.75, 3.05) is 26.6 Å². The van der Waals surface area contributed by atoms with Crippen molar-refractivity contribution >= 4 is 17.2 Å². The highest BCUT2D eigenvalue weighted by Crippen LogP contribution is 1.99. The number of benzene rings is 1. The van der Waals surface area contributed by atoms with Crippen LogP contribution in [0.1, 0.15) is 11.1 Å². The second-order valence-corrected chi connectivity index (χ2v) is 5.45. The lowest BCUT2D eigenvalue weighted by molar-refractivity contribution is -0.115. The molecule has 0 fully saturated rings. The third kappa shape index (κ3) is 20.8. The minimum Gasteiger partial charge on any atom is -0.351 e. The van der Waals surface area contributed by atoms with Gasteiger partial charge in [0, 0.05) is 37.4 Å². The van der Waals surface area contributed by atoms with Crippen LogP contribution < -0.4 is 0 Å². The highest BCUT2D eigenvalue weighted by molar-refractivity contribution is 7.83. The molecular weight excluding hydrogens is 234 g/mol. The van der Waals surface area contributed by atoms with Gasteiger partial charge in [-0.15, -0.1) is 0 Å². The van der Waals surface area contributed by atoms with Gasteiger partial charge in [-0.3, -0.25) is 9.00 Å². The standard InChI is InChI=1S/C8H10.C3H7NO.C2H6OS/c1-7-3-5-8(2)6-4-7;1-4(2)3-5;1-4(2)3/h3-6H,1-2H3;3H,1-2H3;1-2H3. The van der Waals surface area contributed by atoms with Gasteiger partial charge in [0.25, 0.3) is 0 Å². The van der Waals surface area contributed by atoms with Crippen LogP contribution in [0.5, 0.6) is 0 Å². The quantitative estimate of drug-likeness (QED) is 0.722. The van der Waals surface area contributed by atoms with Crippen LogP contribution in [0.15, 0.2) is 24.3 Å². The first-order valence-corrected chi connectivity index (χ1v) is 7.16. The zero-order valence-corrected chi connectivity index (χ0v) is 12.4. The van der Waals surface area contributed by atoms with Crippen molar-refractivity contribution in [1.82, 2.24) is 4.90 Å². The van der Waals surface area contributed by atoms with Gasteiger partial charge in [0.15, 0.2) is 0 Å². The Morgan fingerprint density at radius 2 is 1.18 bits per heavy atom. The number of nitrogens with zero attached hydrogens (tertiary/aromatic N) is 1. The van der Waals surface area contributed by atoms with E-state index in [9.17, 15) is 9.00 Å². The summed E-state index contributed by atoms with van der Waals surface area (Å²) in [7, 11) is 2.76. The van der Waals surface area contributed by atoms with Crippen LogP contribution in [0.3, 0.4) is 0 Å². The molecule has 0 heterocycles. The number of hydrogen-bond acceptors (Lipinski definition) is 2. The Morgan fingerprint density at radius 1 is 1.00 bits per heavy atom. The summed E-state index contributed by atoms with van der Waals surface area (Å²) in [6.45, 7) is 4.19. The molecule has 0 bridgehead atoms. The predicted molar refractivity (Wildman–Crippen MR) is 75.7 cm³/mol. The van der Waals surface area contributed by atoms with Crippen molar-refractivity contribution in [3.05, 3.63) is 35.4 Å². The molecule has 0 aromatic heterocycles. The number of carbonyl (C=O) groups excluding carboxylic acids is 1. The highest BCUT2D eigenvalue weighted by atomic mass is 32.2. The molecule has 0 aliphatic carbocycles. The summed E-state index contributed by atoms with van der Waals surface area (Å²) < 4.78 is 9.56. The number of aryl methyl sites for hydroxylation is 2. The van der Waals surface area contributed by atoms with E-state index in [0.717, 1.165) is 6.41 Å². The second-order valence-electron chi connectivity index (χ2n) is 3.97. The van der Waals surface area contributed by atoms with Gasteiger partial charge in [-0.1, -0.05) is 35.4 Å². The Balaban J connectivity index is 0. The summed E-state index contributed by atoms with van der Waals surface area (Å²) in [4.78, 5) is 10.9. The van der Waals surface area contributed by atoms with Crippen molar-refractivity contribution < 1.29 is 9.00 Å². The van der Waals surface area contributed by atoms with Gasteiger partial charge >= 0.3 is 0 Å². The fourth-order valence-corrected chi connectivity index (χ4v) is 0.637. The maximum Gasteiger partial charge on any atom is 0.209 e. The molecule has 0 spiro atoms. The molecule has 0 radical (unpaired) electrons. The van der Waals surface area contributed by atoms with E-state index in [2.05, 4.69) is 38.1 Å². The van der Waals surface area contributed by atoms with E-state index in [0.29, 0.717) is 0 Å². The molecule has 0 atom stereocenters. The van der Waals surface area contributed by atoms with E-state index in [1.165, 1.54) is 16.0 Å². The van der Waals surface area contributed by atoms with Crippen LogP contribution >= 0.6 is 0 Å². The Kier molecular flexibility index (Phi) is 12.1. The Labute approximate surface area is 107 Å². The largest absolute Gasteiger partial charge is 0.351 e. The summed E-state index contributed by atoms with van der Waals surface area (Å²) >= 11 is 0. The Bertz CT molecular complexity index is 296. The number of amides is 1. The highest BCUT2D eigenvalue weighted by Gasteiger charge is 1.79. The van der Waals surface area contributed by atoms with Crippen molar-refractivity contribution in [1.29, 1.82) is 0 Å². The van der Waals surface area contributed by atoms with E-state index in [-0.39, 0.29) is 0 Å². The SMILES string of the molecule is CN(C)C=O.CS(C)=O.Cc1ccc(C)cc1. The molecule has 1 aromatic carbocycles. The summed E-state index contributed by atoms with van der Waals surface area (Å²) in [6, 6.07) is 8.48. The predicted octanol–water partition coefficient (Wildman–Crippen LogP) is 2.00. The smallest absolute Gasteiger partial charge is 0.209 e. The number of hydrogen-bond donors (Lipinski definition) is 0. The molecule has 4 heteroatoms. The molecule has 0 saturated heterocycles. The molecule has 0 saturated carbocycles. The molecule has 0 aliphatic rings. The monoisotopic (exact) mass is 257 g/mol. The second kappa shape index (κ2) is 11.3. The average molecular weight is 257 g/mol. The van der Waals surface area contributed by atoms with Gasteiger partial charge in [-0.25, -0.2) is 0 Å². The van der Waals surface area contributed by atoms with E-state index in [1.54, 1.807) is 26.6 Å². The van der Waals surface area contributed by atoms with E-state index in [4.69, 9.17) is 0 Å².